The van der Waals surface area contributed by atoms with Crippen LogP contribution in [0.3, 0.4) is 0 Å². The van der Waals surface area contributed by atoms with Crippen LogP contribution in [0.25, 0.3) is 11.4 Å². The summed E-state index contributed by atoms with van der Waals surface area (Å²) in [5.74, 6) is -1.37. The van der Waals surface area contributed by atoms with Crippen LogP contribution in [0.4, 0.5) is 4.39 Å². The summed E-state index contributed by atoms with van der Waals surface area (Å²) in [6.45, 7) is 1.64. The van der Waals surface area contributed by atoms with E-state index in [-0.39, 0.29) is 21.8 Å². The number of carbonyl (C=O) groups is 1. The van der Waals surface area contributed by atoms with E-state index in [0.29, 0.717) is 11.1 Å². The lowest BCUT2D eigenvalue weighted by Crippen LogP contribution is -2.04. The molecule has 0 aliphatic heterocycles. The minimum Gasteiger partial charge on any atom is -0.476 e. The Morgan fingerprint density at radius 2 is 2.17 bits per heavy atom. The van der Waals surface area contributed by atoms with Gasteiger partial charge >= 0.3 is 5.97 Å². The first kappa shape index (κ1) is 12.6. The van der Waals surface area contributed by atoms with E-state index >= 15 is 0 Å². The summed E-state index contributed by atoms with van der Waals surface area (Å²) in [7, 11) is 0. The predicted octanol–water partition coefficient (Wildman–Crippen LogP) is 3.05. The van der Waals surface area contributed by atoms with Crippen molar-refractivity contribution in [3.05, 3.63) is 45.9 Å². The second-order valence-corrected chi connectivity index (χ2v) is 4.51. The molecule has 1 N–H and O–H groups in total. The topological polar surface area (TPSA) is 63.1 Å². The van der Waals surface area contributed by atoms with Gasteiger partial charge in [0.25, 0.3) is 0 Å². The summed E-state index contributed by atoms with van der Waals surface area (Å²) in [5.41, 5.74) is 0.795. The number of aromatic nitrogens is 2. The average Bonchev–Trinajstić information content (AvgIpc) is 2.33. The Balaban J connectivity index is 2.54. The number of benzene rings is 1. The molecule has 0 aliphatic carbocycles. The molecule has 18 heavy (non-hydrogen) atoms. The van der Waals surface area contributed by atoms with E-state index in [1.807, 2.05) is 0 Å². The molecule has 2 rings (SSSR count). The molecule has 1 aromatic carbocycles. The molecule has 0 saturated carbocycles. The number of hydrogen-bond acceptors (Lipinski definition) is 3. The fourth-order valence-electron chi connectivity index (χ4n) is 1.39. The van der Waals surface area contributed by atoms with Gasteiger partial charge in [0.15, 0.2) is 11.5 Å². The summed E-state index contributed by atoms with van der Waals surface area (Å²) in [5, 5.41) is 8.94. The summed E-state index contributed by atoms with van der Waals surface area (Å²) in [4.78, 5) is 18.8. The van der Waals surface area contributed by atoms with Gasteiger partial charge in [-0.25, -0.2) is 19.2 Å². The van der Waals surface area contributed by atoms with Crippen LogP contribution in [0.15, 0.2) is 28.9 Å². The third-order valence-electron chi connectivity index (χ3n) is 2.38. The van der Waals surface area contributed by atoms with E-state index in [2.05, 4.69) is 25.9 Å². The second kappa shape index (κ2) is 4.81. The van der Waals surface area contributed by atoms with Crippen LogP contribution in [0.1, 0.15) is 16.1 Å². The first-order valence-corrected chi connectivity index (χ1v) is 5.80. The Bertz CT molecular complexity index is 631. The van der Waals surface area contributed by atoms with Crippen LogP contribution < -0.4 is 0 Å². The number of hydrogen-bond donors (Lipinski definition) is 1. The van der Waals surface area contributed by atoms with Crippen molar-refractivity contribution >= 4 is 21.9 Å². The van der Waals surface area contributed by atoms with Crippen molar-refractivity contribution in [1.82, 2.24) is 9.97 Å². The van der Waals surface area contributed by atoms with Crippen molar-refractivity contribution in [1.29, 1.82) is 0 Å². The Kier molecular flexibility index (Phi) is 3.38. The van der Waals surface area contributed by atoms with E-state index in [4.69, 9.17) is 5.11 Å². The quantitative estimate of drug-likeness (QED) is 0.926. The van der Waals surface area contributed by atoms with Crippen LogP contribution in [0.2, 0.25) is 0 Å². The number of aromatic carboxylic acids is 1. The fourth-order valence-corrected chi connectivity index (χ4v) is 1.75. The number of carboxylic acid groups (broad SMARTS) is 1. The normalized spacial score (nSPS) is 10.4. The minimum absolute atomic E-state index is 0.152. The average molecular weight is 311 g/mol. The Labute approximate surface area is 111 Å². The summed E-state index contributed by atoms with van der Waals surface area (Å²) in [6, 6.07) is 4.52. The van der Waals surface area contributed by atoms with Gasteiger partial charge in [0.2, 0.25) is 0 Å². The largest absolute Gasteiger partial charge is 0.476 e. The zero-order valence-corrected chi connectivity index (χ0v) is 10.9. The molecule has 0 bridgehead atoms. The zero-order valence-electron chi connectivity index (χ0n) is 9.32. The van der Waals surface area contributed by atoms with Crippen molar-refractivity contribution < 1.29 is 14.3 Å². The van der Waals surface area contributed by atoms with E-state index in [9.17, 15) is 9.18 Å². The lowest BCUT2D eigenvalue weighted by molar-refractivity contribution is 0.0689. The molecule has 1 aromatic heterocycles. The number of halogens is 2. The predicted molar refractivity (Wildman–Crippen MR) is 66.8 cm³/mol. The summed E-state index contributed by atoms with van der Waals surface area (Å²) < 4.78 is 13.7. The van der Waals surface area contributed by atoms with Crippen LogP contribution >= 0.6 is 15.9 Å². The zero-order chi connectivity index (χ0) is 13.3. The van der Waals surface area contributed by atoms with Gasteiger partial charge in [-0.05, 0) is 34.5 Å². The standard InChI is InChI=1S/C12H8BrFN2O2/c1-6-2-3-7(4-9(6)14)11-15-5-8(13)10(16-11)12(17)18/h2-5H,1H3,(H,17,18). The highest BCUT2D eigenvalue weighted by molar-refractivity contribution is 9.10. The van der Waals surface area contributed by atoms with Gasteiger partial charge in [-0.15, -0.1) is 0 Å². The molecule has 1 heterocycles. The Morgan fingerprint density at radius 3 is 2.78 bits per heavy atom. The van der Waals surface area contributed by atoms with Crippen LogP contribution in [-0.2, 0) is 0 Å². The van der Waals surface area contributed by atoms with E-state index < -0.39 is 5.97 Å². The molecule has 6 heteroatoms. The maximum Gasteiger partial charge on any atom is 0.355 e. The number of carboxylic acids is 1. The van der Waals surface area contributed by atoms with E-state index in [1.54, 1.807) is 19.1 Å². The third kappa shape index (κ3) is 2.38. The van der Waals surface area contributed by atoms with E-state index in [0.717, 1.165) is 0 Å². The molecule has 0 unspecified atom stereocenters. The van der Waals surface area contributed by atoms with Crippen molar-refractivity contribution in [3.8, 4) is 11.4 Å². The molecule has 0 amide bonds. The number of aryl methyl sites for hydroxylation is 1. The molecule has 4 nitrogen and oxygen atoms in total. The van der Waals surface area contributed by atoms with Crippen LogP contribution in [0.5, 0.6) is 0 Å². The SMILES string of the molecule is Cc1ccc(-c2ncc(Br)c(C(=O)O)n2)cc1F. The molecular weight excluding hydrogens is 303 g/mol. The van der Waals surface area contributed by atoms with Crippen LogP contribution in [-0.4, -0.2) is 21.0 Å². The molecule has 0 fully saturated rings. The summed E-state index contributed by atoms with van der Waals surface area (Å²) in [6.07, 6.45) is 1.34. The lowest BCUT2D eigenvalue weighted by Gasteiger charge is -2.04. The fraction of sp³-hybridized carbons (Fsp3) is 0.0833. The molecular formula is C12H8BrFN2O2. The number of nitrogens with zero attached hydrogens (tertiary/aromatic N) is 2. The lowest BCUT2D eigenvalue weighted by atomic mass is 10.1. The minimum atomic E-state index is -1.17. The van der Waals surface area contributed by atoms with Crippen molar-refractivity contribution in [3.63, 3.8) is 0 Å². The van der Waals surface area contributed by atoms with Gasteiger partial charge < -0.3 is 5.11 Å². The molecule has 0 atom stereocenters. The first-order chi connectivity index (χ1) is 8.49. The molecule has 0 radical (unpaired) electrons. The first-order valence-electron chi connectivity index (χ1n) is 5.01. The maximum absolute atomic E-state index is 13.4. The molecule has 0 aliphatic rings. The molecule has 2 aromatic rings. The highest BCUT2D eigenvalue weighted by Crippen LogP contribution is 2.21. The Morgan fingerprint density at radius 1 is 1.44 bits per heavy atom. The maximum atomic E-state index is 13.4. The van der Waals surface area contributed by atoms with Crippen molar-refractivity contribution in [2.75, 3.05) is 0 Å². The number of rotatable bonds is 2. The van der Waals surface area contributed by atoms with Gasteiger partial charge in [0, 0.05) is 11.8 Å². The molecule has 0 spiro atoms. The van der Waals surface area contributed by atoms with E-state index in [1.165, 1.54) is 12.3 Å². The molecule has 0 saturated heterocycles. The van der Waals surface area contributed by atoms with Crippen molar-refractivity contribution in [2.45, 2.75) is 6.92 Å². The third-order valence-corrected chi connectivity index (χ3v) is 2.96. The molecule has 92 valence electrons. The van der Waals surface area contributed by atoms with Crippen LogP contribution in [0, 0.1) is 12.7 Å². The highest BCUT2D eigenvalue weighted by Gasteiger charge is 2.13. The summed E-state index contributed by atoms with van der Waals surface area (Å²) >= 11 is 3.05. The second-order valence-electron chi connectivity index (χ2n) is 3.66. The monoisotopic (exact) mass is 310 g/mol. The van der Waals surface area contributed by atoms with Gasteiger partial charge in [0.1, 0.15) is 5.82 Å². The van der Waals surface area contributed by atoms with Gasteiger partial charge in [-0.3, -0.25) is 0 Å². The Hall–Kier alpha value is -1.82. The van der Waals surface area contributed by atoms with Gasteiger partial charge in [-0.2, -0.15) is 0 Å². The van der Waals surface area contributed by atoms with Crippen molar-refractivity contribution in [2.24, 2.45) is 0 Å². The van der Waals surface area contributed by atoms with Gasteiger partial charge in [-0.1, -0.05) is 12.1 Å². The highest BCUT2D eigenvalue weighted by atomic mass is 79.9. The van der Waals surface area contributed by atoms with Gasteiger partial charge in [0.05, 0.1) is 4.47 Å². The smallest absolute Gasteiger partial charge is 0.355 e.